The maximum Gasteiger partial charge on any atom is 0.326 e. The van der Waals surface area contributed by atoms with Gasteiger partial charge in [0.15, 0.2) is 0 Å². The second-order valence-electron chi connectivity index (χ2n) is 5.38. The number of Topliss-reactive ketones (excluding diaryl/α,β-unsaturated/α-hetero) is 1. The molecule has 0 aromatic rings. The summed E-state index contributed by atoms with van der Waals surface area (Å²) < 4.78 is 0. The van der Waals surface area contributed by atoms with Crippen LogP contribution in [0.3, 0.4) is 0 Å². The van der Waals surface area contributed by atoms with Crippen LogP contribution >= 0.6 is 0 Å². The minimum absolute atomic E-state index is 0.0379. The van der Waals surface area contributed by atoms with E-state index >= 15 is 0 Å². The topological polar surface area (TPSA) is 113 Å². The Balaban J connectivity index is 1.98. The summed E-state index contributed by atoms with van der Waals surface area (Å²) in [5, 5.41) is 14.2. The molecule has 7 nitrogen and oxygen atoms in total. The monoisotopic (exact) mass is 282 g/mol. The van der Waals surface area contributed by atoms with Crippen molar-refractivity contribution >= 4 is 23.6 Å². The Hall–Kier alpha value is -1.92. The van der Waals surface area contributed by atoms with E-state index in [-0.39, 0.29) is 30.4 Å². The lowest BCUT2D eigenvalue weighted by atomic mass is 9.83. The molecule has 7 heteroatoms. The highest BCUT2D eigenvalue weighted by atomic mass is 16.4. The van der Waals surface area contributed by atoms with Crippen LogP contribution < -0.4 is 10.6 Å². The van der Waals surface area contributed by atoms with Crippen molar-refractivity contribution < 1.29 is 24.3 Å². The third-order valence-corrected chi connectivity index (χ3v) is 3.87. The smallest absolute Gasteiger partial charge is 0.326 e. The zero-order valence-corrected chi connectivity index (χ0v) is 11.1. The Labute approximate surface area is 116 Å². The van der Waals surface area contributed by atoms with Crippen molar-refractivity contribution in [1.29, 1.82) is 0 Å². The van der Waals surface area contributed by atoms with Gasteiger partial charge in [-0.25, -0.2) is 4.79 Å². The summed E-state index contributed by atoms with van der Waals surface area (Å²) in [6.07, 6.45) is 2.59. The van der Waals surface area contributed by atoms with Gasteiger partial charge in [-0.2, -0.15) is 0 Å². The molecule has 1 aliphatic heterocycles. The van der Waals surface area contributed by atoms with E-state index in [4.69, 9.17) is 0 Å². The van der Waals surface area contributed by atoms with E-state index in [9.17, 15) is 24.3 Å². The lowest BCUT2D eigenvalue weighted by Crippen LogP contribution is -2.52. The van der Waals surface area contributed by atoms with Crippen molar-refractivity contribution in [2.24, 2.45) is 5.92 Å². The van der Waals surface area contributed by atoms with Crippen LogP contribution in [0.2, 0.25) is 0 Å². The Morgan fingerprint density at radius 1 is 1.25 bits per heavy atom. The van der Waals surface area contributed by atoms with Gasteiger partial charge in [0.1, 0.15) is 17.9 Å². The Kier molecular flexibility index (Phi) is 4.36. The number of rotatable bonds is 4. The highest BCUT2D eigenvalue weighted by Crippen LogP contribution is 2.25. The molecule has 0 bridgehead atoms. The molecule has 2 fully saturated rings. The van der Waals surface area contributed by atoms with Gasteiger partial charge < -0.3 is 15.7 Å². The zero-order valence-electron chi connectivity index (χ0n) is 11.1. The SMILES string of the molecule is O=C1CCC[C@@H]([C@H](NC(=O)[C@H]2CCC(=O)N2)C(=O)O)C1. The molecule has 2 aliphatic rings. The summed E-state index contributed by atoms with van der Waals surface area (Å²) in [6.45, 7) is 0. The molecule has 3 atom stereocenters. The van der Waals surface area contributed by atoms with E-state index in [0.29, 0.717) is 25.7 Å². The molecule has 2 rings (SSSR count). The molecule has 2 amide bonds. The first-order valence-electron chi connectivity index (χ1n) is 6.81. The molecule has 0 radical (unpaired) electrons. The summed E-state index contributed by atoms with van der Waals surface area (Å²) >= 11 is 0. The number of carbonyl (C=O) groups excluding carboxylic acids is 3. The highest BCUT2D eigenvalue weighted by molar-refractivity contribution is 5.93. The molecule has 0 aromatic heterocycles. The third-order valence-electron chi connectivity index (χ3n) is 3.87. The van der Waals surface area contributed by atoms with E-state index in [1.54, 1.807) is 0 Å². The largest absolute Gasteiger partial charge is 0.480 e. The summed E-state index contributed by atoms with van der Waals surface area (Å²) in [5.41, 5.74) is 0. The molecule has 20 heavy (non-hydrogen) atoms. The first-order chi connectivity index (χ1) is 9.47. The fourth-order valence-corrected chi connectivity index (χ4v) is 2.79. The number of hydrogen-bond donors (Lipinski definition) is 3. The molecular formula is C13H18N2O5. The summed E-state index contributed by atoms with van der Waals surface area (Å²) in [6, 6.07) is -1.73. The third kappa shape index (κ3) is 3.34. The van der Waals surface area contributed by atoms with Gasteiger partial charge in [-0.05, 0) is 25.2 Å². The number of carbonyl (C=O) groups is 4. The van der Waals surface area contributed by atoms with Gasteiger partial charge in [0.2, 0.25) is 11.8 Å². The Bertz CT molecular complexity index is 448. The minimum atomic E-state index is -1.14. The summed E-state index contributed by atoms with van der Waals surface area (Å²) in [5.74, 6) is -2.15. The van der Waals surface area contributed by atoms with Gasteiger partial charge in [0, 0.05) is 19.3 Å². The van der Waals surface area contributed by atoms with Crippen molar-refractivity contribution in [1.82, 2.24) is 10.6 Å². The first kappa shape index (κ1) is 14.5. The lowest BCUT2D eigenvalue weighted by molar-refractivity contribution is -0.144. The molecule has 1 saturated heterocycles. The average Bonchev–Trinajstić information content (AvgIpc) is 2.82. The molecule has 1 aliphatic carbocycles. The van der Waals surface area contributed by atoms with Crippen molar-refractivity contribution in [2.75, 3.05) is 0 Å². The number of amides is 2. The molecule has 110 valence electrons. The number of hydrogen-bond acceptors (Lipinski definition) is 4. The van der Waals surface area contributed by atoms with Gasteiger partial charge in [-0.3, -0.25) is 14.4 Å². The van der Waals surface area contributed by atoms with Crippen LogP contribution in [0.25, 0.3) is 0 Å². The fourth-order valence-electron chi connectivity index (χ4n) is 2.79. The maximum absolute atomic E-state index is 12.0. The maximum atomic E-state index is 12.0. The average molecular weight is 282 g/mol. The van der Waals surface area contributed by atoms with Crippen LogP contribution in [0.4, 0.5) is 0 Å². The van der Waals surface area contributed by atoms with E-state index in [0.717, 1.165) is 0 Å². The predicted molar refractivity (Wildman–Crippen MR) is 67.7 cm³/mol. The Morgan fingerprint density at radius 2 is 2.00 bits per heavy atom. The zero-order chi connectivity index (χ0) is 14.7. The van der Waals surface area contributed by atoms with Crippen LogP contribution in [0.15, 0.2) is 0 Å². The van der Waals surface area contributed by atoms with Crippen LogP contribution in [0.1, 0.15) is 38.5 Å². The van der Waals surface area contributed by atoms with E-state index in [1.807, 2.05) is 0 Å². The van der Waals surface area contributed by atoms with Gasteiger partial charge in [0.25, 0.3) is 0 Å². The number of ketones is 1. The van der Waals surface area contributed by atoms with Gasteiger partial charge in [0.05, 0.1) is 0 Å². The normalized spacial score (nSPS) is 27.8. The molecule has 3 N–H and O–H groups in total. The van der Waals surface area contributed by atoms with Crippen LogP contribution in [-0.2, 0) is 19.2 Å². The molecule has 1 heterocycles. The fraction of sp³-hybridized carbons (Fsp3) is 0.692. The van der Waals surface area contributed by atoms with Gasteiger partial charge in [-0.1, -0.05) is 0 Å². The van der Waals surface area contributed by atoms with Crippen molar-refractivity contribution in [3.63, 3.8) is 0 Å². The molecular weight excluding hydrogens is 264 g/mol. The summed E-state index contributed by atoms with van der Waals surface area (Å²) in [4.78, 5) is 45.8. The molecule has 1 saturated carbocycles. The second-order valence-corrected chi connectivity index (χ2v) is 5.38. The van der Waals surface area contributed by atoms with Crippen LogP contribution in [0.5, 0.6) is 0 Å². The van der Waals surface area contributed by atoms with E-state index in [2.05, 4.69) is 10.6 Å². The molecule has 0 aromatic carbocycles. The second kappa shape index (κ2) is 6.02. The Morgan fingerprint density at radius 3 is 2.55 bits per heavy atom. The highest BCUT2D eigenvalue weighted by Gasteiger charge is 2.36. The number of carboxylic acids is 1. The minimum Gasteiger partial charge on any atom is -0.480 e. The quantitative estimate of drug-likeness (QED) is 0.649. The molecule has 0 spiro atoms. The molecule has 0 unspecified atom stereocenters. The number of aliphatic carboxylic acids is 1. The van der Waals surface area contributed by atoms with E-state index < -0.39 is 24.0 Å². The van der Waals surface area contributed by atoms with Crippen LogP contribution in [-0.4, -0.2) is 40.8 Å². The van der Waals surface area contributed by atoms with Crippen molar-refractivity contribution in [3.8, 4) is 0 Å². The standard InChI is InChI=1S/C13H18N2O5/c16-8-3-1-2-7(6-8)11(13(19)20)15-12(18)9-4-5-10(17)14-9/h7,9,11H,1-6H2,(H,14,17)(H,15,18)(H,19,20)/t7-,9-,11+/m1/s1. The predicted octanol–water partition coefficient (Wildman–Crippen LogP) is -0.406. The lowest BCUT2D eigenvalue weighted by Gasteiger charge is -2.28. The first-order valence-corrected chi connectivity index (χ1v) is 6.81. The summed E-state index contributed by atoms with van der Waals surface area (Å²) in [7, 11) is 0. The number of nitrogens with one attached hydrogen (secondary N) is 2. The van der Waals surface area contributed by atoms with Gasteiger partial charge >= 0.3 is 5.97 Å². The van der Waals surface area contributed by atoms with Crippen molar-refractivity contribution in [2.45, 2.75) is 50.6 Å². The van der Waals surface area contributed by atoms with Crippen LogP contribution in [0, 0.1) is 5.92 Å². The van der Waals surface area contributed by atoms with Gasteiger partial charge in [-0.15, -0.1) is 0 Å². The van der Waals surface area contributed by atoms with Crippen molar-refractivity contribution in [3.05, 3.63) is 0 Å². The van der Waals surface area contributed by atoms with E-state index in [1.165, 1.54) is 0 Å². The number of carboxylic acid groups (broad SMARTS) is 1.